The number of halogens is 1. The molecule has 0 bridgehead atoms. The van der Waals surface area contributed by atoms with Gasteiger partial charge >= 0.3 is 0 Å². The Balaban J connectivity index is 1.96. The van der Waals surface area contributed by atoms with Crippen LogP contribution in [0.3, 0.4) is 0 Å². The third-order valence-corrected chi connectivity index (χ3v) is 3.72. The fraction of sp³-hybridized carbons (Fsp3) is 0.462. The summed E-state index contributed by atoms with van der Waals surface area (Å²) in [5.74, 6) is 0.0259. The number of hydrogen-bond donors (Lipinski definition) is 1. The van der Waals surface area contributed by atoms with Gasteiger partial charge in [0.1, 0.15) is 6.10 Å². The lowest BCUT2D eigenvalue weighted by atomic mass is 10.2. The van der Waals surface area contributed by atoms with Gasteiger partial charge in [0.25, 0.3) is 5.91 Å². The van der Waals surface area contributed by atoms with Crippen molar-refractivity contribution < 1.29 is 9.53 Å². The number of benzene rings is 1. The molecule has 2 rings (SSSR count). The molecular weight excluding hydrogens is 296 g/mol. The highest BCUT2D eigenvalue weighted by molar-refractivity contribution is 9.10. The average molecular weight is 313 g/mol. The lowest BCUT2D eigenvalue weighted by molar-refractivity contribution is -0.144. The number of amides is 1. The van der Waals surface area contributed by atoms with Crippen molar-refractivity contribution in [1.29, 1.82) is 0 Å². The van der Waals surface area contributed by atoms with E-state index in [1.807, 2.05) is 24.3 Å². The summed E-state index contributed by atoms with van der Waals surface area (Å²) < 4.78 is 6.48. The standard InChI is InChI=1S/C13H17BrN2O2/c1-16(9-10-4-2-3-5-11(10)14)13(17)12-8-15-6-7-18-12/h2-5,12,15H,6-9H2,1H3/t12-/m1/s1. The molecule has 0 radical (unpaired) electrons. The molecule has 0 aromatic heterocycles. The van der Waals surface area contributed by atoms with Crippen molar-refractivity contribution in [3.63, 3.8) is 0 Å². The van der Waals surface area contributed by atoms with Gasteiger partial charge in [0.05, 0.1) is 6.61 Å². The molecule has 1 amide bonds. The van der Waals surface area contributed by atoms with Crippen LogP contribution < -0.4 is 5.32 Å². The molecule has 1 N–H and O–H groups in total. The van der Waals surface area contributed by atoms with E-state index in [0.717, 1.165) is 16.6 Å². The van der Waals surface area contributed by atoms with E-state index in [9.17, 15) is 4.79 Å². The second-order valence-corrected chi connectivity index (χ2v) is 5.20. The first-order chi connectivity index (χ1) is 8.68. The van der Waals surface area contributed by atoms with Gasteiger partial charge in [-0.3, -0.25) is 4.79 Å². The molecule has 1 fully saturated rings. The molecule has 0 unspecified atom stereocenters. The zero-order chi connectivity index (χ0) is 13.0. The van der Waals surface area contributed by atoms with Crippen molar-refractivity contribution in [2.45, 2.75) is 12.6 Å². The number of hydrogen-bond acceptors (Lipinski definition) is 3. The summed E-state index contributed by atoms with van der Waals surface area (Å²) in [7, 11) is 1.81. The number of rotatable bonds is 3. The van der Waals surface area contributed by atoms with Crippen LogP contribution in [0.25, 0.3) is 0 Å². The third kappa shape index (κ3) is 3.31. The maximum absolute atomic E-state index is 12.2. The Morgan fingerprint density at radius 2 is 2.33 bits per heavy atom. The van der Waals surface area contributed by atoms with E-state index in [4.69, 9.17) is 4.74 Å². The largest absolute Gasteiger partial charge is 0.366 e. The second kappa shape index (κ2) is 6.31. The molecule has 1 aliphatic rings. The van der Waals surface area contributed by atoms with Crippen LogP contribution >= 0.6 is 15.9 Å². The summed E-state index contributed by atoms with van der Waals surface area (Å²) in [6.45, 7) is 2.59. The predicted octanol–water partition coefficient (Wildman–Crippen LogP) is 1.40. The number of carbonyl (C=O) groups is 1. The van der Waals surface area contributed by atoms with Gasteiger partial charge < -0.3 is 15.0 Å². The highest BCUT2D eigenvalue weighted by Crippen LogP contribution is 2.17. The zero-order valence-corrected chi connectivity index (χ0v) is 11.9. The molecule has 1 aliphatic heterocycles. The van der Waals surface area contributed by atoms with E-state index in [1.54, 1.807) is 11.9 Å². The van der Waals surface area contributed by atoms with E-state index in [2.05, 4.69) is 21.2 Å². The highest BCUT2D eigenvalue weighted by atomic mass is 79.9. The lowest BCUT2D eigenvalue weighted by Gasteiger charge is -2.27. The van der Waals surface area contributed by atoms with Gasteiger partial charge in [-0.1, -0.05) is 34.1 Å². The van der Waals surface area contributed by atoms with Crippen molar-refractivity contribution in [2.24, 2.45) is 0 Å². The molecule has 18 heavy (non-hydrogen) atoms. The van der Waals surface area contributed by atoms with Gasteiger partial charge in [-0.05, 0) is 11.6 Å². The Morgan fingerprint density at radius 1 is 1.56 bits per heavy atom. The molecule has 1 atom stereocenters. The lowest BCUT2D eigenvalue weighted by Crippen LogP contribution is -2.48. The summed E-state index contributed by atoms with van der Waals surface area (Å²) in [5, 5.41) is 3.16. The maximum atomic E-state index is 12.2. The van der Waals surface area contributed by atoms with Crippen LogP contribution in [0.1, 0.15) is 5.56 Å². The van der Waals surface area contributed by atoms with Crippen LogP contribution in [0.5, 0.6) is 0 Å². The van der Waals surface area contributed by atoms with Gasteiger partial charge in [0.2, 0.25) is 0 Å². The topological polar surface area (TPSA) is 41.6 Å². The third-order valence-electron chi connectivity index (χ3n) is 2.94. The van der Waals surface area contributed by atoms with Gasteiger partial charge in [-0.2, -0.15) is 0 Å². The SMILES string of the molecule is CN(Cc1ccccc1Br)C(=O)[C@H]1CNCCO1. The fourth-order valence-corrected chi connectivity index (χ4v) is 2.34. The summed E-state index contributed by atoms with van der Waals surface area (Å²) in [5.41, 5.74) is 1.09. The molecule has 5 heteroatoms. The molecule has 4 nitrogen and oxygen atoms in total. The summed E-state index contributed by atoms with van der Waals surface area (Å²) in [6, 6.07) is 7.92. The molecule has 0 spiro atoms. The monoisotopic (exact) mass is 312 g/mol. The number of nitrogens with zero attached hydrogens (tertiary/aromatic N) is 1. The Kier molecular flexibility index (Phi) is 4.74. The van der Waals surface area contributed by atoms with Gasteiger partial charge in [0, 0.05) is 31.2 Å². The van der Waals surface area contributed by atoms with Gasteiger partial charge in [-0.25, -0.2) is 0 Å². The predicted molar refractivity (Wildman–Crippen MR) is 73.2 cm³/mol. The number of nitrogens with one attached hydrogen (secondary N) is 1. The smallest absolute Gasteiger partial charge is 0.253 e. The van der Waals surface area contributed by atoms with Crippen LogP contribution in [-0.2, 0) is 16.1 Å². The van der Waals surface area contributed by atoms with Gasteiger partial charge in [-0.15, -0.1) is 0 Å². The Morgan fingerprint density at radius 3 is 3.00 bits per heavy atom. The zero-order valence-electron chi connectivity index (χ0n) is 10.4. The first-order valence-electron chi connectivity index (χ1n) is 5.99. The summed E-state index contributed by atoms with van der Waals surface area (Å²) in [6.07, 6.45) is -0.355. The first kappa shape index (κ1) is 13.5. The molecule has 0 saturated carbocycles. The van der Waals surface area contributed by atoms with Crippen molar-refractivity contribution >= 4 is 21.8 Å². The number of carbonyl (C=O) groups excluding carboxylic acids is 1. The molecule has 1 saturated heterocycles. The Labute approximate surface area is 115 Å². The molecular formula is C13H17BrN2O2. The highest BCUT2D eigenvalue weighted by Gasteiger charge is 2.24. The number of likely N-dealkylation sites (N-methyl/N-ethyl adjacent to an activating group) is 1. The Hall–Kier alpha value is -0.910. The van der Waals surface area contributed by atoms with Crippen LogP contribution in [0.15, 0.2) is 28.7 Å². The fourth-order valence-electron chi connectivity index (χ4n) is 1.93. The first-order valence-corrected chi connectivity index (χ1v) is 6.78. The quantitative estimate of drug-likeness (QED) is 0.917. The number of morpholine rings is 1. The average Bonchev–Trinajstić information content (AvgIpc) is 2.41. The van der Waals surface area contributed by atoms with Crippen molar-refractivity contribution in [1.82, 2.24) is 10.2 Å². The molecule has 1 heterocycles. The van der Waals surface area contributed by atoms with Crippen LogP contribution in [0, 0.1) is 0 Å². The van der Waals surface area contributed by atoms with Crippen LogP contribution in [-0.4, -0.2) is 43.7 Å². The maximum Gasteiger partial charge on any atom is 0.253 e. The normalized spacial score (nSPS) is 19.6. The molecule has 0 aliphatic carbocycles. The summed E-state index contributed by atoms with van der Waals surface area (Å²) in [4.78, 5) is 13.9. The minimum Gasteiger partial charge on any atom is -0.366 e. The van der Waals surface area contributed by atoms with E-state index in [1.165, 1.54) is 0 Å². The van der Waals surface area contributed by atoms with Crippen molar-refractivity contribution in [3.05, 3.63) is 34.3 Å². The minimum absolute atomic E-state index is 0.0259. The molecule has 98 valence electrons. The minimum atomic E-state index is -0.355. The van der Waals surface area contributed by atoms with E-state index in [-0.39, 0.29) is 12.0 Å². The van der Waals surface area contributed by atoms with Crippen LogP contribution in [0.4, 0.5) is 0 Å². The van der Waals surface area contributed by atoms with Gasteiger partial charge in [0.15, 0.2) is 0 Å². The van der Waals surface area contributed by atoms with E-state index in [0.29, 0.717) is 19.7 Å². The summed E-state index contributed by atoms with van der Waals surface area (Å²) >= 11 is 3.49. The van der Waals surface area contributed by atoms with Crippen molar-refractivity contribution in [3.8, 4) is 0 Å². The van der Waals surface area contributed by atoms with Crippen LogP contribution in [0.2, 0.25) is 0 Å². The van der Waals surface area contributed by atoms with E-state index < -0.39 is 0 Å². The van der Waals surface area contributed by atoms with Crippen molar-refractivity contribution in [2.75, 3.05) is 26.7 Å². The second-order valence-electron chi connectivity index (χ2n) is 4.35. The van der Waals surface area contributed by atoms with E-state index >= 15 is 0 Å². The Bertz CT molecular complexity index is 419. The number of ether oxygens (including phenoxy) is 1. The molecule has 1 aromatic carbocycles. The molecule has 1 aromatic rings.